The molecular weight excluding hydrogens is 246 g/mol. The lowest BCUT2D eigenvalue weighted by Gasteiger charge is -2.15. The van der Waals surface area contributed by atoms with Crippen molar-refractivity contribution in [1.82, 2.24) is 5.32 Å². The summed E-state index contributed by atoms with van der Waals surface area (Å²) in [7, 11) is 0. The van der Waals surface area contributed by atoms with Gasteiger partial charge >= 0.3 is 0 Å². The average molecular weight is 265 g/mol. The quantitative estimate of drug-likeness (QED) is 0.570. The van der Waals surface area contributed by atoms with Crippen LogP contribution in [-0.2, 0) is 9.59 Å². The Morgan fingerprint density at radius 1 is 1.32 bits per heavy atom. The average Bonchev–Trinajstić information content (AvgIpc) is 2.35. The lowest BCUT2D eigenvalue weighted by Crippen LogP contribution is -2.44. The molecule has 2 atom stereocenters. The van der Waals surface area contributed by atoms with Gasteiger partial charge in [-0.3, -0.25) is 9.59 Å². The SMILES string of the molecule is CC(CNC(=O)[C@H](N)CC(N)=O)c1ccc(O)cc1. The molecule has 0 aliphatic carbocycles. The number of hydrogen-bond donors (Lipinski definition) is 4. The van der Waals surface area contributed by atoms with Gasteiger partial charge in [-0.2, -0.15) is 0 Å². The van der Waals surface area contributed by atoms with Gasteiger partial charge in [0.25, 0.3) is 0 Å². The molecule has 1 rings (SSSR count). The first-order valence-corrected chi connectivity index (χ1v) is 6.00. The third kappa shape index (κ3) is 4.97. The molecule has 6 N–H and O–H groups in total. The van der Waals surface area contributed by atoms with Crippen molar-refractivity contribution < 1.29 is 14.7 Å². The molecule has 0 aliphatic rings. The second kappa shape index (κ2) is 6.75. The molecule has 0 fully saturated rings. The van der Waals surface area contributed by atoms with Crippen molar-refractivity contribution in [1.29, 1.82) is 0 Å². The lowest BCUT2D eigenvalue weighted by molar-refractivity contribution is -0.126. The minimum Gasteiger partial charge on any atom is -0.508 e. The number of carbonyl (C=O) groups excluding carboxylic acids is 2. The van der Waals surface area contributed by atoms with Crippen LogP contribution in [0.1, 0.15) is 24.8 Å². The predicted octanol–water partition coefficient (Wildman–Crippen LogP) is -0.185. The molecule has 0 aliphatic heterocycles. The fourth-order valence-corrected chi connectivity index (χ4v) is 1.61. The van der Waals surface area contributed by atoms with Crippen LogP contribution >= 0.6 is 0 Å². The number of nitrogens with two attached hydrogens (primary N) is 2. The third-order valence-electron chi connectivity index (χ3n) is 2.80. The summed E-state index contributed by atoms with van der Waals surface area (Å²) in [4.78, 5) is 22.2. The van der Waals surface area contributed by atoms with Crippen LogP contribution in [0.25, 0.3) is 0 Å². The Morgan fingerprint density at radius 3 is 2.42 bits per heavy atom. The van der Waals surface area contributed by atoms with Gasteiger partial charge < -0.3 is 21.9 Å². The summed E-state index contributed by atoms with van der Waals surface area (Å²) in [6.45, 7) is 2.34. The second-order valence-corrected chi connectivity index (χ2v) is 4.51. The highest BCUT2D eigenvalue weighted by Gasteiger charge is 2.16. The zero-order chi connectivity index (χ0) is 14.4. The smallest absolute Gasteiger partial charge is 0.237 e. The number of phenolic OH excluding ortho intramolecular Hbond substituents is 1. The van der Waals surface area contributed by atoms with Gasteiger partial charge in [0.2, 0.25) is 11.8 Å². The first kappa shape index (κ1) is 15.0. The van der Waals surface area contributed by atoms with Crippen LogP contribution in [0.3, 0.4) is 0 Å². The Bertz CT molecular complexity index is 445. The topological polar surface area (TPSA) is 118 Å². The summed E-state index contributed by atoms with van der Waals surface area (Å²) in [6, 6.07) is 5.84. The van der Waals surface area contributed by atoms with E-state index in [4.69, 9.17) is 11.5 Å². The summed E-state index contributed by atoms with van der Waals surface area (Å²) in [6.07, 6.45) is -0.167. The van der Waals surface area contributed by atoms with Crippen molar-refractivity contribution in [3.05, 3.63) is 29.8 Å². The van der Waals surface area contributed by atoms with Gasteiger partial charge in [-0.25, -0.2) is 0 Å². The minimum absolute atomic E-state index is 0.0744. The van der Waals surface area contributed by atoms with Crippen LogP contribution in [0.4, 0.5) is 0 Å². The maximum atomic E-state index is 11.6. The van der Waals surface area contributed by atoms with Gasteiger partial charge in [0.15, 0.2) is 0 Å². The van der Waals surface area contributed by atoms with Crippen molar-refractivity contribution in [3.8, 4) is 5.75 Å². The minimum atomic E-state index is -0.912. The van der Waals surface area contributed by atoms with Crippen molar-refractivity contribution in [3.63, 3.8) is 0 Å². The Hall–Kier alpha value is -2.08. The van der Waals surface area contributed by atoms with Crippen molar-refractivity contribution >= 4 is 11.8 Å². The Labute approximate surface area is 111 Å². The van der Waals surface area contributed by atoms with E-state index in [-0.39, 0.29) is 18.1 Å². The number of carbonyl (C=O) groups is 2. The molecular formula is C13H19N3O3. The molecule has 0 saturated carbocycles. The lowest BCUT2D eigenvalue weighted by atomic mass is 10.0. The molecule has 1 unspecified atom stereocenters. The van der Waals surface area contributed by atoms with Gasteiger partial charge in [0.05, 0.1) is 12.5 Å². The van der Waals surface area contributed by atoms with Crippen LogP contribution in [-0.4, -0.2) is 29.5 Å². The summed E-state index contributed by atoms with van der Waals surface area (Å²) in [5, 5.41) is 11.8. The molecule has 19 heavy (non-hydrogen) atoms. The van der Waals surface area contributed by atoms with E-state index in [1.165, 1.54) is 0 Å². The first-order valence-electron chi connectivity index (χ1n) is 6.00. The molecule has 0 aromatic heterocycles. The number of rotatable bonds is 6. The van der Waals surface area contributed by atoms with E-state index in [0.29, 0.717) is 6.54 Å². The molecule has 0 bridgehead atoms. The monoisotopic (exact) mass is 265 g/mol. The Balaban J connectivity index is 2.45. The number of hydrogen-bond acceptors (Lipinski definition) is 4. The maximum absolute atomic E-state index is 11.6. The highest BCUT2D eigenvalue weighted by Crippen LogP contribution is 2.17. The number of amides is 2. The first-order chi connectivity index (χ1) is 8.90. The van der Waals surface area contributed by atoms with E-state index in [1.54, 1.807) is 24.3 Å². The number of phenols is 1. The van der Waals surface area contributed by atoms with Crippen molar-refractivity contribution in [2.45, 2.75) is 25.3 Å². The van der Waals surface area contributed by atoms with Gasteiger partial charge in [-0.05, 0) is 23.6 Å². The highest BCUT2D eigenvalue weighted by atomic mass is 16.3. The zero-order valence-corrected chi connectivity index (χ0v) is 10.8. The van der Waals surface area contributed by atoms with Gasteiger partial charge in [0, 0.05) is 6.54 Å². The molecule has 0 spiro atoms. The predicted molar refractivity (Wildman–Crippen MR) is 71.3 cm³/mol. The van der Waals surface area contributed by atoms with Gasteiger partial charge in [-0.15, -0.1) is 0 Å². The highest BCUT2D eigenvalue weighted by molar-refractivity contribution is 5.87. The molecule has 6 heteroatoms. The van der Waals surface area contributed by atoms with E-state index in [2.05, 4.69) is 5.32 Å². The fraction of sp³-hybridized carbons (Fsp3) is 0.385. The van der Waals surface area contributed by atoms with E-state index in [1.807, 2.05) is 6.92 Å². The summed E-state index contributed by atoms with van der Waals surface area (Å²) < 4.78 is 0. The second-order valence-electron chi connectivity index (χ2n) is 4.51. The third-order valence-corrected chi connectivity index (χ3v) is 2.80. The normalized spacial score (nSPS) is 13.6. The molecule has 1 aromatic carbocycles. The summed E-state index contributed by atoms with van der Waals surface area (Å²) in [5.41, 5.74) is 11.5. The van der Waals surface area contributed by atoms with Gasteiger partial charge in [-0.1, -0.05) is 19.1 Å². The summed E-state index contributed by atoms with van der Waals surface area (Å²) in [5.74, 6) is -0.729. The molecule has 6 nitrogen and oxygen atoms in total. The maximum Gasteiger partial charge on any atom is 0.237 e. The Morgan fingerprint density at radius 2 is 1.89 bits per heavy atom. The molecule has 0 saturated heterocycles. The van der Waals surface area contributed by atoms with Crippen LogP contribution in [0.2, 0.25) is 0 Å². The van der Waals surface area contributed by atoms with Crippen LogP contribution in [0, 0.1) is 0 Å². The summed E-state index contributed by atoms with van der Waals surface area (Å²) >= 11 is 0. The molecule has 1 aromatic rings. The largest absolute Gasteiger partial charge is 0.508 e. The molecule has 0 radical (unpaired) electrons. The van der Waals surface area contributed by atoms with Crippen molar-refractivity contribution in [2.24, 2.45) is 11.5 Å². The Kier molecular flexibility index (Phi) is 5.32. The van der Waals surface area contributed by atoms with E-state index >= 15 is 0 Å². The van der Waals surface area contributed by atoms with E-state index in [9.17, 15) is 14.7 Å². The number of primary amides is 1. The van der Waals surface area contributed by atoms with E-state index < -0.39 is 17.9 Å². The van der Waals surface area contributed by atoms with Crippen LogP contribution in [0.15, 0.2) is 24.3 Å². The van der Waals surface area contributed by atoms with Crippen LogP contribution < -0.4 is 16.8 Å². The zero-order valence-electron chi connectivity index (χ0n) is 10.8. The van der Waals surface area contributed by atoms with Crippen LogP contribution in [0.5, 0.6) is 5.75 Å². The van der Waals surface area contributed by atoms with Gasteiger partial charge in [0.1, 0.15) is 5.75 Å². The number of benzene rings is 1. The molecule has 2 amide bonds. The molecule has 0 heterocycles. The van der Waals surface area contributed by atoms with E-state index in [0.717, 1.165) is 5.56 Å². The number of aromatic hydroxyl groups is 1. The van der Waals surface area contributed by atoms with Crippen molar-refractivity contribution in [2.75, 3.05) is 6.54 Å². The number of nitrogens with one attached hydrogen (secondary N) is 1. The standard InChI is InChI=1S/C13H19N3O3/c1-8(9-2-4-10(17)5-3-9)7-16-13(19)11(14)6-12(15)18/h2-5,8,11,17H,6-7,14H2,1H3,(H2,15,18)(H,16,19)/t8?,11-/m1/s1. The molecule has 104 valence electrons. The fourth-order valence-electron chi connectivity index (χ4n) is 1.61.